The Balaban J connectivity index is 1.48. The molecule has 0 unspecified atom stereocenters. The van der Waals surface area contributed by atoms with Crippen molar-refractivity contribution in [3.63, 3.8) is 0 Å². The van der Waals surface area contributed by atoms with Gasteiger partial charge < -0.3 is 36.6 Å². The Kier molecular flexibility index (Phi) is 7.12. The summed E-state index contributed by atoms with van der Waals surface area (Å²) >= 11 is 1.36. The van der Waals surface area contributed by atoms with Crippen LogP contribution in [-0.2, 0) is 14.4 Å². The Bertz CT molecular complexity index is 1850. The van der Waals surface area contributed by atoms with Crippen LogP contribution in [-0.4, -0.2) is 84.7 Å². The molecule has 6 rings (SSSR count). The Labute approximate surface area is 261 Å². The predicted octanol–water partition coefficient (Wildman–Crippen LogP) is 2.67. The third-order valence-electron chi connectivity index (χ3n) is 9.21. The van der Waals surface area contributed by atoms with Crippen LogP contribution >= 0.6 is 11.3 Å². The first kappa shape index (κ1) is 30.5. The van der Waals surface area contributed by atoms with Crippen molar-refractivity contribution in [3.8, 4) is 17.0 Å². The van der Waals surface area contributed by atoms with E-state index in [2.05, 4.69) is 10.3 Å². The number of carbonyl (C=O) groups excluding carboxylic acids is 3. The number of ketones is 2. The number of nitrogens with one attached hydrogen (secondary N) is 1. The number of aromatic nitrogens is 1. The normalized spacial score (nSPS) is 27.8. The van der Waals surface area contributed by atoms with Gasteiger partial charge >= 0.3 is 0 Å². The lowest BCUT2D eigenvalue weighted by Gasteiger charge is -2.53. The largest absolute Gasteiger partial charge is 0.508 e. The van der Waals surface area contributed by atoms with Gasteiger partial charge in [-0.3, -0.25) is 19.3 Å². The summed E-state index contributed by atoms with van der Waals surface area (Å²) in [5.74, 6) is -9.37. The maximum Gasteiger partial charge on any atom is 0.255 e. The third kappa shape index (κ3) is 4.22. The van der Waals surface area contributed by atoms with E-state index in [4.69, 9.17) is 5.73 Å². The van der Waals surface area contributed by atoms with E-state index in [-0.39, 0.29) is 11.3 Å². The van der Waals surface area contributed by atoms with Gasteiger partial charge in [-0.2, -0.15) is 0 Å². The van der Waals surface area contributed by atoms with Gasteiger partial charge in [0, 0.05) is 21.9 Å². The molecular weight excluding hydrogens is 600 g/mol. The van der Waals surface area contributed by atoms with E-state index < -0.39 is 81.4 Å². The zero-order valence-corrected chi connectivity index (χ0v) is 25.6. The molecule has 1 saturated carbocycles. The highest BCUT2D eigenvalue weighted by molar-refractivity contribution is 7.16. The average molecular weight is 633 g/mol. The van der Waals surface area contributed by atoms with Crippen LogP contribution in [0, 0.1) is 18.8 Å². The fourth-order valence-corrected chi connectivity index (χ4v) is 7.99. The van der Waals surface area contributed by atoms with Gasteiger partial charge in [-0.1, -0.05) is 43.3 Å². The molecule has 13 heteroatoms. The SMILES string of the molecule is Cc1sc(Nc2ccc3c(c2O)C(O)=C2C(=O)[C@]4(O)C(O)=C(C(N)=O)C(=O)[C@@H](N(C)C)[C@@H]4[C@@H](O)[C@@H]2[C@H]3C)nc1-c1ccccc1. The molecule has 3 aromatic rings. The van der Waals surface area contributed by atoms with E-state index in [1.807, 2.05) is 37.3 Å². The van der Waals surface area contributed by atoms with E-state index in [9.17, 15) is 39.9 Å². The van der Waals surface area contributed by atoms with Gasteiger partial charge in [0.1, 0.15) is 22.8 Å². The summed E-state index contributed by atoms with van der Waals surface area (Å²) < 4.78 is 0. The van der Waals surface area contributed by atoms with Crippen LogP contribution in [0.3, 0.4) is 0 Å². The van der Waals surface area contributed by atoms with Crippen LogP contribution in [0.5, 0.6) is 5.75 Å². The molecule has 12 nitrogen and oxygen atoms in total. The monoisotopic (exact) mass is 632 g/mol. The van der Waals surface area contributed by atoms with Crippen LogP contribution in [0.4, 0.5) is 10.8 Å². The van der Waals surface area contributed by atoms with Crippen LogP contribution in [0.15, 0.2) is 59.4 Å². The topological polar surface area (TPSA) is 207 Å². The van der Waals surface area contributed by atoms with E-state index in [1.165, 1.54) is 30.3 Å². The summed E-state index contributed by atoms with van der Waals surface area (Å²) in [4.78, 5) is 46.6. The van der Waals surface area contributed by atoms with Gasteiger partial charge in [-0.05, 0) is 38.6 Å². The van der Waals surface area contributed by atoms with Crippen molar-refractivity contribution in [1.82, 2.24) is 9.88 Å². The Morgan fingerprint density at radius 3 is 2.38 bits per heavy atom. The van der Waals surface area contributed by atoms with Gasteiger partial charge in [-0.25, -0.2) is 4.98 Å². The lowest BCUT2D eigenvalue weighted by Crippen LogP contribution is -2.70. The van der Waals surface area contributed by atoms with Gasteiger partial charge in [-0.15, -0.1) is 11.3 Å². The third-order valence-corrected chi connectivity index (χ3v) is 10.1. The maximum absolute atomic E-state index is 14.2. The summed E-state index contributed by atoms with van der Waals surface area (Å²) in [6.45, 7) is 3.60. The number of aliphatic hydroxyl groups excluding tert-OH is 3. The molecule has 0 bridgehead atoms. The van der Waals surface area contributed by atoms with Crippen molar-refractivity contribution >= 4 is 45.4 Å². The number of aliphatic hydroxyl groups is 4. The number of phenolic OH excluding ortho intramolecular Hbond substituents is 1. The smallest absolute Gasteiger partial charge is 0.255 e. The molecule has 2 aromatic carbocycles. The number of thiazole rings is 1. The number of carbonyl (C=O) groups is 3. The molecule has 0 spiro atoms. The summed E-state index contributed by atoms with van der Waals surface area (Å²) in [6.07, 6.45) is -1.66. The Morgan fingerprint density at radius 1 is 1.09 bits per heavy atom. The van der Waals surface area contributed by atoms with Crippen LogP contribution in [0.25, 0.3) is 17.0 Å². The number of hydrogen-bond donors (Lipinski definition) is 7. The fourth-order valence-electron chi connectivity index (χ4n) is 7.15. The summed E-state index contributed by atoms with van der Waals surface area (Å²) in [5.41, 5.74) is 3.15. The number of fused-ring (bicyclic) bond motifs is 3. The van der Waals surface area contributed by atoms with Gasteiger partial charge in [0.25, 0.3) is 5.91 Å². The minimum atomic E-state index is -2.97. The number of likely N-dealkylation sites (N-methyl/N-ethyl adjacent to an activating group) is 1. The number of primary amides is 1. The molecule has 45 heavy (non-hydrogen) atoms. The van der Waals surface area contributed by atoms with E-state index in [1.54, 1.807) is 19.1 Å². The number of nitrogens with zero attached hydrogens (tertiary/aromatic N) is 2. The minimum Gasteiger partial charge on any atom is -0.508 e. The van der Waals surface area contributed by atoms with E-state index in [0.29, 0.717) is 10.7 Å². The van der Waals surface area contributed by atoms with Gasteiger partial charge in [0.15, 0.2) is 16.5 Å². The fraction of sp³-hybridized carbons (Fsp3) is 0.312. The van der Waals surface area contributed by atoms with Crippen LogP contribution < -0.4 is 11.1 Å². The molecular formula is C32H32N4O8S. The Morgan fingerprint density at radius 2 is 1.76 bits per heavy atom. The van der Waals surface area contributed by atoms with Crippen molar-refractivity contribution in [1.29, 1.82) is 0 Å². The van der Waals surface area contributed by atoms with E-state index in [0.717, 1.165) is 16.1 Å². The summed E-state index contributed by atoms with van der Waals surface area (Å²) in [5, 5.41) is 61.2. The predicted molar refractivity (Wildman–Crippen MR) is 166 cm³/mol. The molecule has 6 atom stereocenters. The van der Waals surface area contributed by atoms with Crippen molar-refractivity contribution in [2.24, 2.45) is 17.6 Å². The zero-order valence-electron chi connectivity index (χ0n) is 24.8. The number of anilines is 2. The van der Waals surface area contributed by atoms with Crippen molar-refractivity contribution in [3.05, 3.63) is 75.4 Å². The standard InChI is InChI=1S/C32H32N4O8S/c1-12-15-10-11-16(34-31-35-22(13(2)45-31)14-8-6-5-7-9-14)24(37)18(15)25(38)19-17(12)26(39)21-23(36(3)4)27(40)20(30(33)43)29(42)32(21,44)28(19)41/h5-12,17,21,23,26,37-39,42,44H,1-4H3,(H2,33,43)(H,34,35)/t12-,17+,21+,23-,26-,32-/m0/s1. The minimum absolute atomic E-state index is 0.104. The Hall–Kier alpha value is -4.56. The van der Waals surface area contributed by atoms with Crippen molar-refractivity contribution in [2.75, 3.05) is 19.4 Å². The number of amides is 1. The van der Waals surface area contributed by atoms with Gasteiger partial charge in [0.2, 0.25) is 5.78 Å². The second-order valence-electron chi connectivity index (χ2n) is 11.9. The average Bonchev–Trinajstić information content (AvgIpc) is 3.35. The number of benzene rings is 2. The molecule has 1 heterocycles. The number of aryl methyl sites for hydroxylation is 1. The summed E-state index contributed by atoms with van der Waals surface area (Å²) in [7, 11) is 2.92. The van der Waals surface area contributed by atoms with Crippen molar-refractivity contribution < 1.29 is 39.9 Å². The molecule has 1 amide bonds. The lowest BCUT2D eigenvalue weighted by atomic mass is 9.54. The highest BCUT2D eigenvalue weighted by Crippen LogP contribution is 2.56. The maximum atomic E-state index is 14.2. The number of nitrogens with two attached hydrogens (primary N) is 1. The molecule has 0 aliphatic heterocycles. The molecule has 0 saturated heterocycles. The highest BCUT2D eigenvalue weighted by atomic mass is 32.1. The van der Waals surface area contributed by atoms with Crippen LogP contribution in [0.2, 0.25) is 0 Å². The number of aromatic hydroxyl groups is 1. The number of Topliss-reactive ketones (excluding diaryl/α,β-unsaturated/α-hetero) is 2. The lowest BCUT2D eigenvalue weighted by molar-refractivity contribution is -0.169. The molecule has 234 valence electrons. The van der Waals surface area contributed by atoms with E-state index >= 15 is 0 Å². The molecule has 3 aliphatic carbocycles. The molecule has 1 aromatic heterocycles. The number of rotatable bonds is 5. The number of phenols is 1. The molecule has 1 fully saturated rings. The zero-order chi connectivity index (χ0) is 32.7. The van der Waals surface area contributed by atoms with Crippen molar-refractivity contribution in [2.45, 2.75) is 37.5 Å². The molecule has 3 aliphatic rings. The second-order valence-corrected chi connectivity index (χ2v) is 13.1. The first-order valence-corrected chi connectivity index (χ1v) is 15.0. The second kappa shape index (κ2) is 10.5. The first-order valence-electron chi connectivity index (χ1n) is 14.2. The highest BCUT2D eigenvalue weighted by Gasteiger charge is 2.68. The van der Waals surface area contributed by atoms with Crippen LogP contribution in [0.1, 0.15) is 28.8 Å². The number of hydrogen-bond acceptors (Lipinski definition) is 12. The summed E-state index contributed by atoms with van der Waals surface area (Å²) in [6, 6.07) is 11.4. The quantitative estimate of drug-likeness (QED) is 0.161. The first-order chi connectivity index (χ1) is 21.2. The molecule has 0 radical (unpaired) electrons. The van der Waals surface area contributed by atoms with Gasteiger partial charge in [0.05, 0.1) is 35.0 Å². The molecule has 8 N–H and O–H groups in total.